The van der Waals surface area contributed by atoms with E-state index in [1.165, 1.54) is 0 Å². The van der Waals surface area contributed by atoms with Gasteiger partial charge in [0.1, 0.15) is 5.75 Å². The highest BCUT2D eigenvalue weighted by Gasteiger charge is 2.26. The highest BCUT2D eigenvalue weighted by atomic mass is 35.5. The fourth-order valence-electron chi connectivity index (χ4n) is 3.22. The van der Waals surface area contributed by atoms with Crippen LogP contribution < -0.4 is 10.2 Å². The van der Waals surface area contributed by atoms with Gasteiger partial charge in [0.05, 0.1) is 11.7 Å². The van der Waals surface area contributed by atoms with Gasteiger partial charge in [-0.3, -0.25) is 9.69 Å². The molecule has 1 fully saturated rings. The lowest BCUT2D eigenvalue weighted by Crippen LogP contribution is -2.53. The number of amides is 1. The molecule has 6 heteroatoms. The summed E-state index contributed by atoms with van der Waals surface area (Å²) in [7, 11) is 0. The minimum absolute atomic E-state index is 0.000859. The van der Waals surface area contributed by atoms with Crippen LogP contribution in [-0.4, -0.2) is 48.1 Å². The zero-order chi connectivity index (χ0) is 18.5. The number of carbonyl (C=O) groups is 1. The standard InChI is InChI=1S/C20H24ClN3O2/c1-15(20(26)22-14-16-6-2-3-7-17(16)21)23-10-12-24(13-11-23)18-8-4-5-9-19(18)25/h2-9,15,25H,10-14H2,1H3,(H,22,26)/t15-/m1/s1. The van der Waals surface area contributed by atoms with Crippen molar-refractivity contribution in [3.8, 4) is 5.75 Å². The van der Waals surface area contributed by atoms with E-state index in [2.05, 4.69) is 15.1 Å². The van der Waals surface area contributed by atoms with Crippen molar-refractivity contribution in [2.45, 2.75) is 19.5 Å². The number of nitrogens with one attached hydrogen (secondary N) is 1. The Kier molecular flexibility index (Phi) is 6.01. The van der Waals surface area contributed by atoms with Crippen molar-refractivity contribution in [2.24, 2.45) is 0 Å². The summed E-state index contributed by atoms with van der Waals surface area (Å²) in [6, 6.07) is 14.7. The summed E-state index contributed by atoms with van der Waals surface area (Å²) in [5.41, 5.74) is 1.77. The number of phenols is 1. The van der Waals surface area contributed by atoms with Crippen LogP contribution in [0, 0.1) is 0 Å². The van der Waals surface area contributed by atoms with Gasteiger partial charge >= 0.3 is 0 Å². The monoisotopic (exact) mass is 373 g/mol. The summed E-state index contributed by atoms with van der Waals surface area (Å²) < 4.78 is 0. The molecule has 26 heavy (non-hydrogen) atoms. The van der Waals surface area contributed by atoms with E-state index in [1.807, 2.05) is 49.4 Å². The van der Waals surface area contributed by atoms with Gasteiger partial charge in [0.15, 0.2) is 0 Å². The van der Waals surface area contributed by atoms with Crippen LogP contribution in [-0.2, 0) is 11.3 Å². The summed E-state index contributed by atoms with van der Waals surface area (Å²) in [4.78, 5) is 16.8. The minimum atomic E-state index is -0.205. The van der Waals surface area contributed by atoms with E-state index in [4.69, 9.17) is 11.6 Å². The highest BCUT2D eigenvalue weighted by molar-refractivity contribution is 6.31. The number of rotatable bonds is 5. The van der Waals surface area contributed by atoms with Crippen LogP contribution in [0.1, 0.15) is 12.5 Å². The molecule has 0 spiro atoms. The van der Waals surface area contributed by atoms with Crippen LogP contribution in [0.2, 0.25) is 5.02 Å². The van der Waals surface area contributed by atoms with E-state index >= 15 is 0 Å². The molecule has 1 amide bonds. The first kappa shape index (κ1) is 18.5. The largest absolute Gasteiger partial charge is 0.506 e. The lowest BCUT2D eigenvalue weighted by Gasteiger charge is -2.38. The third-order valence-corrected chi connectivity index (χ3v) is 5.24. The average molecular weight is 374 g/mol. The minimum Gasteiger partial charge on any atom is -0.506 e. The smallest absolute Gasteiger partial charge is 0.237 e. The summed E-state index contributed by atoms with van der Waals surface area (Å²) in [6.07, 6.45) is 0. The number of halogens is 1. The molecule has 1 saturated heterocycles. The van der Waals surface area contributed by atoms with Gasteiger partial charge in [0, 0.05) is 37.7 Å². The Balaban J connectivity index is 1.51. The van der Waals surface area contributed by atoms with Crippen LogP contribution in [0.15, 0.2) is 48.5 Å². The first-order chi connectivity index (χ1) is 12.6. The molecule has 2 aromatic rings. The molecule has 0 bridgehead atoms. The fraction of sp³-hybridized carbons (Fsp3) is 0.350. The predicted octanol–water partition coefficient (Wildman–Crippen LogP) is 2.87. The van der Waals surface area contributed by atoms with Crippen molar-refractivity contribution < 1.29 is 9.90 Å². The molecule has 0 aromatic heterocycles. The zero-order valence-corrected chi connectivity index (χ0v) is 15.6. The fourth-order valence-corrected chi connectivity index (χ4v) is 3.42. The molecule has 5 nitrogen and oxygen atoms in total. The lowest BCUT2D eigenvalue weighted by molar-refractivity contribution is -0.126. The Morgan fingerprint density at radius 2 is 1.77 bits per heavy atom. The molecule has 0 saturated carbocycles. The summed E-state index contributed by atoms with van der Waals surface area (Å²) in [5, 5.41) is 13.6. The number of piperazine rings is 1. The summed E-state index contributed by atoms with van der Waals surface area (Å²) in [5.74, 6) is 0.299. The number of anilines is 1. The molecular formula is C20H24ClN3O2. The van der Waals surface area contributed by atoms with Crippen LogP contribution in [0.3, 0.4) is 0 Å². The first-order valence-corrected chi connectivity index (χ1v) is 9.22. The third kappa shape index (κ3) is 4.29. The van der Waals surface area contributed by atoms with E-state index in [1.54, 1.807) is 6.07 Å². The van der Waals surface area contributed by atoms with Crippen molar-refractivity contribution in [3.63, 3.8) is 0 Å². The van der Waals surface area contributed by atoms with Crippen LogP contribution in [0.5, 0.6) is 5.75 Å². The first-order valence-electron chi connectivity index (χ1n) is 8.84. The molecule has 2 N–H and O–H groups in total. The van der Waals surface area contributed by atoms with Gasteiger partial charge < -0.3 is 15.3 Å². The van der Waals surface area contributed by atoms with Gasteiger partial charge in [-0.25, -0.2) is 0 Å². The number of nitrogens with zero attached hydrogens (tertiary/aromatic N) is 2. The maximum Gasteiger partial charge on any atom is 0.237 e. The lowest BCUT2D eigenvalue weighted by atomic mass is 10.1. The van der Waals surface area contributed by atoms with E-state index in [9.17, 15) is 9.90 Å². The topological polar surface area (TPSA) is 55.8 Å². The molecule has 1 heterocycles. The molecule has 3 rings (SSSR count). The molecule has 1 aliphatic heterocycles. The summed E-state index contributed by atoms with van der Waals surface area (Å²) in [6.45, 7) is 5.46. The summed E-state index contributed by atoms with van der Waals surface area (Å²) >= 11 is 6.14. The molecule has 1 atom stereocenters. The van der Waals surface area contributed by atoms with Crippen molar-refractivity contribution >= 4 is 23.2 Å². The quantitative estimate of drug-likeness (QED) is 0.846. The molecule has 2 aromatic carbocycles. The third-order valence-electron chi connectivity index (χ3n) is 4.87. The number of benzene rings is 2. The van der Waals surface area contributed by atoms with E-state index in [0.29, 0.717) is 17.3 Å². The molecule has 0 unspecified atom stereocenters. The zero-order valence-electron chi connectivity index (χ0n) is 14.9. The van der Waals surface area contributed by atoms with Crippen molar-refractivity contribution in [1.82, 2.24) is 10.2 Å². The number of phenolic OH excluding ortho intramolecular Hbond substituents is 1. The molecule has 0 radical (unpaired) electrons. The van der Waals surface area contributed by atoms with E-state index in [-0.39, 0.29) is 11.9 Å². The molecule has 138 valence electrons. The Morgan fingerprint density at radius 3 is 2.46 bits per heavy atom. The van der Waals surface area contributed by atoms with Gasteiger partial charge in [0.2, 0.25) is 5.91 Å². The van der Waals surface area contributed by atoms with Crippen molar-refractivity contribution in [1.29, 1.82) is 0 Å². The predicted molar refractivity (Wildman–Crippen MR) is 105 cm³/mol. The Bertz CT molecular complexity index is 760. The number of para-hydroxylation sites is 2. The Labute approximate surface area is 159 Å². The molecule has 0 aliphatic carbocycles. The Hall–Kier alpha value is -2.24. The maximum absolute atomic E-state index is 12.5. The normalized spacial score (nSPS) is 16.3. The van der Waals surface area contributed by atoms with Crippen LogP contribution in [0.4, 0.5) is 5.69 Å². The second kappa shape index (κ2) is 8.43. The second-order valence-electron chi connectivity index (χ2n) is 6.50. The Morgan fingerprint density at radius 1 is 1.12 bits per heavy atom. The SMILES string of the molecule is C[C@H](C(=O)NCc1ccccc1Cl)N1CCN(c2ccccc2O)CC1. The van der Waals surface area contributed by atoms with Gasteiger partial charge in [-0.05, 0) is 30.7 Å². The molecule has 1 aliphatic rings. The molecular weight excluding hydrogens is 350 g/mol. The van der Waals surface area contributed by atoms with E-state index in [0.717, 1.165) is 37.4 Å². The van der Waals surface area contributed by atoms with Crippen LogP contribution in [0.25, 0.3) is 0 Å². The van der Waals surface area contributed by atoms with Crippen molar-refractivity contribution in [2.75, 3.05) is 31.1 Å². The number of hydrogen-bond donors (Lipinski definition) is 2. The van der Waals surface area contributed by atoms with Gasteiger partial charge in [-0.15, -0.1) is 0 Å². The average Bonchev–Trinajstić information content (AvgIpc) is 2.67. The number of aromatic hydroxyl groups is 1. The van der Waals surface area contributed by atoms with Gasteiger partial charge in [-0.1, -0.05) is 41.9 Å². The van der Waals surface area contributed by atoms with Crippen molar-refractivity contribution in [3.05, 3.63) is 59.1 Å². The number of carbonyl (C=O) groups excluding carboxylic acids is 1. The maximum atomic E-state index is 12.5. The van der Waals surface area contributed by atoms with Gasteiger partial charge in [-0.2, -0.15) is 0 Å². The highest BCUT2D eigenvalue weighted by Crippen LogP contribution is 2.27. The number of hydrogen-bond acceptors (Lipinski definition) is 4. The van der Waals surface area contributed by atoms with Gasteiger partial charge in [0.25, 0.3) is 0 Å². The second-order valence-corrected chi connectivity index (χ2v) is 6.90. The van der Waals surface area contributed by atoms with Crippen LogP contribution >= 0.6 is 11.6 Å². The van der Waals surface area contributed by atoms with E-state index < -0.39 is 0 Å².